The highest BCUT2D eigenvalue weighted by atomic mass is 79.9. The minimum Gasteiger partial charge on any atom is -0.345 e. The lowest BCUT2D eigenvalue weighted by atomic mass is 10.1. The molecule has 2 aromatic rings. The maximum atomic E-state index is 12.7. The first kappa shape index (κ1) is 18.5. The van der Waals surface area contributed by atoms with Gasteiger partial charge in [-0.05, 0) is 48.5 Å². The van der Waals surface area contributed by atoms with Gasteiger partial charge >= 0.3 is 0 Å². The van der Waals surface area contributed by atoms with E-state index in [1.165, 1.54) is 11.8 Å². The molecule has 2 aromatic carbocycles. The number of nitrogens with zero attached hydrogens (tertiary/aromatic N) is 2. The van der Waals surface area contributed by atoms with Crippen LogP contribution >= 0.6 is 27.7 Å². The molecular weight excluding hydrogens is 450 g/mol. The van der Waals surface area contributed by atoms with Crippen LogP contribution in [0.1, 0.15) is 28.9 Å². The third kappa shape index (κ3) is 3.63. The van der Waals surface area contributed by atoms with Crippen molar-refractivity contribution in [1.82, 2.24) is 5.32 Å². The number of sulfonamides is 1. The SMILES string of the molecule is CC(NC(=O)c1ccc2c(c1)SC1=NS(=O)(=O)CCN12)c1ccccc1Br. The van der Waals surface area contributed by atoms with Gasteiger partial charge in [0.15, 0.2) is 5.17 Å². The Morgan fingerprint density at radius 1 is 1.30 bits per heavy atom. The number of hydrogen-bond acceptors (Lipinski definition) is 5. The molecule has 2 aliphatic heterocycles. The highest BCUT2D eigenvalue weighted by Gasteiger charge is 2.33. The second kappa shape index (κ2) is 6.96. The fourth-order valence-electron chi connectivity index (χ4n) is 3.06. The molecule has 1 unspecified atom stereocenters. The van der Waals surface area contributed by atoms with Crippen LogP contribution in [0.15, 0.2) is 56.2 Å². The number of anilines is 1. The summed E-state index contributed by atoms with van der Waals surface area (Å²) >= 11 is 4.79. The van der Waals surface area contributed by atoms with Gasteiger partial charge in [-0.2, -0.15) is 0 Å². The quantitative estimate of drug-likeness (QED) is 0.749. The van der Waals surface area contributed by atoms with Crippen molar-refractivity contribution in [3.63, 3.8) is 0 Å². The summed E-state index contributed by atoms with van der Waals surface area (Å²) in [7, 11) is -3.39. The Hall–Kier alpha value is -1.84. The van der Waals surface area contributed by atoms with Gasteiger partial charge in [-0.25, -0.2) is 8.42 Å². The number of carbonyl (C=O) groups is 1. The largest absolute Gasteiger partial charge is 0.345 e. The molecule has 0 bridgehead atoms. The maximum absolute atomic E-state index is 12.7. The van der Waals surface area contributed by atoms with Crippen molar-refractivity contribution >= 4 is 54.5 Å². The van der Waals surface area contributed by atoms with Gasteiger partial charge in [-0.15, -0.1) is 4.40 Å². The van der Waals surface area contributed by atoms with Crippen LogP contribution in [0, 0.1) is 0 Å². The van der Waals surface area contributed by atoms with Crippen molar-refractivity contribution in [1.29, 1.82) is 0 Å². The molecule has 1 amide bonds. The maximum Gasteiger partial charge on any atom is 0.257 e. The zero-order valence-corrected chi connectivity index (χ0v) is 17.6. The van der Waals surface area contributed by atoms with E-state index in [2.05, 4.69) is 25.6 Å². The van der Waals surface area contributed by atoms with Crippen LogP contribution in [0.3, 0.4) is 0 Å². The average Bonchev–Trinajstić information content (AvgIpc) is 2.96. The van der Waals surface area contributed by atoms with Gasteiger partial charge in [-0.1, -0.05) is 34.1 Å². The molecule has 0 saturated heterocycles. The van der Waals surface area contributed by atoms with E-state index in [1.807, 2.05) is 42.2 Å². The Morgan fingerprint density at radius 2 is 2.07 bits per heavy atom. The van der Waals surface area contributed by atoms with E-state index in [4.69, 9.17) is 0 Å². The van der Waals surface area contributed by atoms with Gasteiger partial charge in [0.25, 0.3) is 15.9 Å². The Balaban J connectivity index is 1.55. The van der Waals surface area contributed by atoms with Crippen LogP contribution in [0.2, 0.25) is 0 Å². The van der Waals surface area contributed by atoms with E-state index in [0.29, 0.717) is 17.3 Å². The van der Waals surface area contributed by atoms with Crippen molar-refractivity contribution in [3.05, 3.63) is 58.1 Å². The Kier molecular flexibility index (Phi) is 4.77. The van der Waals surface area contributed by atoms with Crippen LogP contribution in [0.4, 0.5) is 5.69 Å². The molecule has 0 spiro atoms. The molecule has 4 rings (SSSR count). The molecule has 1 N–H and O–H groups in total. The van der Waals surface area contributed by atoms with E-state index >= 15 is 0 Å². The first-order valence-corrected chi connectivity index (χ1v) is 11.5. The molecule has 2 aliphatic rings. The normalized spacial score (nSPS) is 18.3. The Morgan fingerprint density at radius 3 is 2.85 bits per heavy atom. The van der Waals surface area contributed by atoms with Crippen LogP contribution in [-0.2, 0) is 10.0 Å². The van der Waals surface area contributed by atoms with Gasteiger partial charge in [0.05, 0.1) is 17.5 Å². The predicted octanol–water partition coefficient (Wildman–Crippen LogP) is 3.55. The summed E-state index contributed by atoms with van der Waals surface area (Å²) in [5.41, 5.74) is 2.42. The smallest absolute Gasteiger partial charge is 0.257 e. The summed E-state index contributed by atoms with van der Waals surface area (Å²) < 4.78 is 28.2. The van der Waals surface area contributed by atoms with Gasteiger partial charge < -0.3 is 10.2 Å². The number of thioether (sulfide) groups is 1. The number of amidine groups is 1. The van der Waals surface area contributed by atoms with Crippen molar-refractivity contribution in [2.45, 2.75) is 17.9 Å². The monoisotopic (exact) mass is 465 g/mol. The van der Waals surface area contributed by atoms with Gasteiger partial charge in [0.1, 0.15) is 0 Å². The van der Waals surface area contributed by atoms with E-state index in [0.717, 1.165) is 20.6 Å². The van der Waals surface area contributed by atoms with Gasteiger partial charge in [0, 0.05) is 21.5 Å². The number of halogens is 1. The highest BCUT2D eigenvalue weighted by Crippen LogP contribution is 2.42. The standard InChI is InChI=1S/C18H16BrN3O3S2/c1-11(13-4-2-3-5-14(13)19)20-17(23)12-6-7-15-16(10-12)26-18-21-27(24,25)9-8-22(15)18/h2-7,10-11H,8-9H2,1H3,(H,20,23). The number of nitrogens with one attached hydrogen (secondary N) is 1. The van der Waals surface area contributed by atoms with Gasteiger partial charge in [0.2, 0.25) is 0 Å². The molecule has 0 saturated carbocycles. The first-order valence-electron chi connectivity index (χ1n) is 8.31. The fourth-order valence-corrected chi connectivity index (χ4v) is 5.98. The summed E-state index contributed by atoms with van der Waals surface area (Å²) in [5.74, 6) is -0.177. The summed E-state index contributed by atoms with van der Waals surface area (Å²) in [6, 6.07) is 13.0. The molecule has 0 aromatic heterocycles. The Labute approximate surface area is 170 Å². The first-order chi connectivity index (χ1) is 12.8. The molecule has 0 radical (unpaired) electrons. The summed E-state index contributed by atoms with van der Waals surface area (Å²) in [4.78, 5) is 15.4. The number of rotatable bonds is 3. The van der Waals surface area contributed by atoms with Crippen LogP contribution < -0.4 is 10.2 Å². The second-order valence-corrected chi connectivity index (χ2v) is 9.93. The number of fused-ring (bicyclic) bond motifs is 3. The molecule has 140 valence electrons. The Bertz CT molecular complexity index is 1070. The molecule has 1 atom stereocenters. The number of hydrogen-bond donors (Lipinski definition) is 1. The zero-order chi connectivity index (χ0) is 19.2. The van der Waals surface area contributed by atoms with E-state index in [1.54, 1.807) is 12.1 Å². The lowest BCUT2D eigenvalue weighted by molar-refractivity contribution is 0.0939. The predicted molar refractivity (Wildman–Crippen MR) is 111 cm³/mol. The molecule has 9 heteroatoms. The van der Waals surface area contributed by atoms with Crippen molar-refractivity contribution in [3.8, 4) is 0 Å². The van der Waals surface area contributed by atoms with Crippen molar-refractivity contribution in [2.75, 3.05) is 17.2 Å². The third-order valence-electron chi connectivity index (χ3n) is 4.45. The molecule has 0 aliphatic carbocycles. The van der Waals surface area contributed by atoms with Crippen molar-refractivity contribution < 1.29 is 13.2 Å². The average molecular weight is 466 g/mol. The van der Waals surface area contributed by atoms with Crippen molar-refractivity contribution in [2.24, 2.45) is 4.40 Å². The number of amides is 1. The summed E-state index contributed by atoms with van der Waals surface area (Å²) in [6.45, 7) is 2.31. The molecular formula is C18H16BrN3O3S2. The minimum atomic E-state index is -3.39. The summed E-state index contributed by atoms with van der Waals surface area (Å²) in [5, 5.41) is 3.46. The number of carbonyl (C=O) groups excluding carboxylic acids is 1. The molecule has 27 heavy (non-hydrogen) atoms. The molecule has 2 heterocycles. The summed E-state index contributed by atoms with van der Waals surface area (Å²) in [6.07, 6.45) is 0. The lowest BCUT2D eigenvalue weighted by Crippen LogP contribution is -2.35. The van der Waals surface area contributed by atoms with E-state index in [9.17, 15) is 13.2 Å². The second-order valence-electron chi connectivity index (χ2n) is 6.31. The van der Waals surface area contributed by atoms with Crippen LogP contribution in [0.5, 0.6) is 0 Å². The lowest BCUT2D eigenvalue weighted by Gasteiger charge is -2.22. The van der Waals surface area contributed by atoms with Crippen LogP contribution in [-0.4, -0.2) is 31.8 Å². The topological polar surface area (TPSA) is 78.8 Å². The fraction of sp³-hybridized carbons (Fsp3) is 0.222. The third-order valence-corrected chi connectivity index (χ3v) is 7.48. The molecule has 0 fully saturated rings. The van der Waals surface area contributed by atoms with Crippen LogP contribution in [0.25, 0.3) is 0 Å². The zero-order valence-electron chi connectivity index (χ0n) is 14.3. The molecule has 6 nitrogen and oxygen atoms in total. The minimum absolute atomic E-state index is 0.00219. The van der Waals surface area contributed by atoms with Gasteiger partial charge in [-0.3, -0.25) is 4.79 Å². The van der Waals surface area contributed by atoms with E-state index < -0.39 is 10.0 Å². The highest BCUT2D eigenvalue weighted by molar-refractivity contribution is 9.10. The number of benzene rings is 2. The van der Waals surface area contributed by atoms with E-state index in [-0.39, 0.29) is 17.7 Å².